The van der Waals surface area contributed by atoms with Crippen LogP contribution in [0.1, 0.15) is 45.7 Å². The Morgan fingerprint density at radius 2 is 1.83 bits per heavy atom. The fourth-order valence-electron chi connectivity index (χ4n) is 4.65. The molecule has 0 aliphatic carbocycles. The van der Waals surface area contributed by atoms with Crippen LogP contribution < -0.4 is 15.4 Å². The number of hydrogen-bond acceptors (Lipinski definition) is 8. The average Bonchev–Trinajstić information content (AvgIpc) is 3.21. The van der Waals surface area contributed by atoms with Gasteiger partial charge in [-0.2, -0.15) is 0 Å². The molecule has 0 unspecified atom stereocenters. The lowest BCUT2D eigenvalue weighted by molar-refractivity contribution is -0.385. The number of hydrogen-bond donors (Lipinski definition) is 3. The summed E-state index contributed by atoms with van der Waals surface area (Å²) in [6, 6.07) is 11.5. The van der Waals surface area contributed by atoms with Gasteiger partial charge in [-0.1, -0.05) is 36.4 Å². The molecule has 3 atom stereocenters. The highest BCUT2D eigenvalue weighted by atomic mass is 32.2. The Hall–Kier alpha value is -3.64. The van der Waals surface area contributed by atoms with Crippen molar-refractivity contribution in [3.8, 4) is 5.75 Å². The lowest BCUT2D eigenvalue weighted by Gasteiger charge is -2.35. The third kappa shape index (κ3) is 8.20. The monoisotopic (exact) mass is 586 g/mol. The van der Waals surface area contributed by atoms with E-state index in [1.54, 1.807) is 0 Å². The Kier molecular flexibility index (Phi) is 10.0. The minimum absolute atomic E-state index is 0.137. The summed E-state index contributed by atoms with van der Waals surface area (Å²) in [6.07, 6.45) is -1.52. The van der Waals surface area contributed by atoms with Gasteiger partial charge in [-0.05, 0) is 59.6 Å². The van der Waals surface area contributed by atoms with Crippen LogP contribution in [0.15, 0.2) is 48.5 Å². The summed E-state index contributed by atoms with van der Waals surface area (Å²) in [6.45, 7) is 10.3. The van der Waals surface area contributed by atoms with E-state index in [9.17, 15) is 29.6 Å². The molecule has 3 N–H and O–H groups in total. The van der Waals surface area contributed by atoms with Gasteiger partial charge in [0.15, 0.2) is 12.7 Å². The van der Waals surface area contributed by atoms with Crippen LogP contribution >= 0.6 is 11.8 Å². The number of nitrogens with one attached hydrogen (secondary N) is 2. The number of benzene rings is 2. The normalized spacial score (nSPS) is 17.8. The van der Waals surface area contributed by atoms with Gasteiger partial charge in [0.1, 0.15) is 11.8 Å². The van der Waals surface area contributed by atoms with Gasteiger partial charge in [-0.3, -0.25) is 24.5 Å². The Balaban J connectivity index is 1.80. The van der Waals surface area contributed by atoms with Crippen molar-refractivity contribution >= 4 is 35.2 Å². The molecular weight excluding hydrogens is 548 g/mol. The zero-order valence-corrected chi connectivity index (χ0v) is 25.0. The zero-order chi connectivity index (χ0) is 30.5. The Labute approximate surface area is 244 Å². The first-order valence-electron chi connectivity index (χ1n) is 13.3. The summed E-state index contributed by atoms with van der Waals surface area (Å²) in [5, 5.41) is 28.2. The Morgan fingerprint density at radius 3 is 2.44 bits per heavy atom. The number of nitro groups is 1. The van der Waals surface area contributed by atoms with Crippen LogP contribution in [0.5, 0.6) is 5.75 Å². The zero-order valence-electron chi connectivity index (χ0n) is 24.2. The second kappa shape index (κ2) is 12.9. The molecule has 0 bridgehead atoms. The molecule has 3 amide bonds. The van der Waals surface area contributed by atoms with Crippen molar-refractivity contribution in [1.29, 1.82) is 0 Å². The van der Waals surface area contributed by atoms with Gasteiger partial charge >= 0.3 is 0 Å². The Morgan fingerprint density at radius 1 is 1.17 bits per heavy atom. The number of thioether (sulfide) groups is 1. The van der Waals surface area contributed by atoms with Crippen molar-refractivity contribution in [2.75, 3.05) is 12.5 Å². The number of aliphatic hydroxyl groups excluding tert-OH is 1. The van der Waals surface area contributed by atoms with Crippen LogP contribution in [0.2, 0.25) is 0 Å². The predicted octanol–water partition coefficient (Wildman–Crippen LogP) is 2.97. The molecule has 0 aromatic heterocycles. The molecule has 1 aliphatic rings. The van der Waals surface area contributed by atoms with Crippen LogP contribution in [0, 0.1) is 17.0 Å². The van der Waals surface area contributed by atoms with Crippen LogP contribution in [0.25, 0.3) is 0 Å². The summed E-state index contributed by atoms with van der Waals surface area (Å²) in [5.41, 5.74) is 0.394. The number of amides is 3. The maximum Gasteiger partial charge on any atom is 0.276 e. The van der Waals surface area contributed by atoms with Gasteiger partial charge in [-0.25, -0.2) is 0 Å². The van der Waals surface area contributed by atoms with Gasteiger partial charge in [0.2, 0.25) is 5.91 Å². The fraction of sp³-hybridized carbons (Fsp3) is 0.483. The molecule has 41 heavy (non-hydrogen) atoms. The van der Waals surface area contributed by atoms with E-state index in [0.717, 1.165) is 5.56 Å². The standard InChI is InChI=1S/C29H38N4O7S/c1-18-21(33(38)39)13-10-14-22(18)40-16-23(34)30-20(15-19-11-8-7-9-12-19)24(35)27(37)32-17-41-29(5,6)25(32)26(36)31-28(2,3)4/h7-14,20,24-25,35H,15-17H2,1-6H3,(H,30,34)(H,31,36)/t20-,24-,25+/m0/s1. The van der Waals surface area contributed by atoms with Crippen molar-refractivity contribution in [1.82, 2.24) is 15.5 Å². The fourth-order valence-corrected chi connectivity index (χ4v) is 5.79. The molecule has 12 heteroatoms. The third-order valence-corrected chi connectivity index (χ3v) is 8.04. The average molecular weight is 587 g/mol. The van der Waals surface area contributed by atoms with E-state index in [0.29, 0.717) is 0 Å². The lowest BCUT2D eigenvalue weighted by atomic mass is 9.96. The molecule has 1 heterocycles. The van der Waals surface area contributed by atoms with Crippen molar-refractivity contribution < 1.29 is 29.2 Å². The van der Waals surface area contributed by atoms with E-state index in [2.05, 4.69) is 10.6 Å². The summed E-state index contributed by atoms with van der Waals surface area (Å²) < 4.78 is 4.95. The van der Waals surface area contributed by atoms with E-state index in [-0.39, 0.29) is 35.2 Å². The summed E-state index contributed by atoms with van der Waals surface area (Å²) in [4.78, 5) is 51.9. The maximum absolute atomic E-state index is 13.7. The molecule has 2 aromatic carbocycles. The minimum Gasteiger partial charge on any atom is -0.483 e. The highest BCUT2D eigenvalue weighted by molar-refractivity contribution is 8.00. The largest absolute Gasteiger partial charge is 0.483 e. The molecule has 0 saturated carbocycles. The molecule has 2 aromatic rings. The molecule has 1 fully saturated rings. The van der Waals surface area contributed by atoms with E-state index < -0.39 is 51.8 Å². The first-order chi connectivity index (χ1) is 19.1. The second-order valence-corrected chi connectivity index (χ2v) is 13.2. The van der Waals surface area contributed by atoms with Crippen LogP contribution in [-0.2, 0) is 20.8 Å². The van der Waals surface area contributed by atoms with E-state index in [1.165, 1.54) is 41.8 Å². The maximum atomic E-state index is 13.7. The Bertz CT molecular complexity index is 1280. The summed E-state index contributed by atoms with van der Waals surface area (Å²) in [5.74, 6) is -1.24. The number of ether oxygens (including phenoxy) is 1. The van der Waals surface area contributed by atoms with Crippen LogP contribution in [-0.4, -0.2) is 73.6 Å². The SMILES string of the molecule is Cc1c(OCC(=O)N[C@@H](Cc2ccccc2)[C@H](O)C(=O)N2CSC(C)(C)[C@H]2C(=O)NC(C)(C)C)cccc1[N+](=O)[O-]. The van der Waals surface area contributed by atoms with Crippen molar-refractivity contribution in [3.05, 3.63) is 69.8 Å². The van der Waals surface area contributed by atoms with E-state index in [1.807, 2.05) is 65.0 Å². The summed E-state index contributed by atoms with van der Waals surface area (Å²) >= 11 is 1.43. The first kappa shape index (κ1) is 31.9. The van der Waals surface area contributed by atoms with Crippen molar-refractivity contribution in [3.63, 3.8) is 0 Å². The molecule has 3 rings (SSSR count). The number of carbonyl (C=O) groups is 3. The number of nitrogens with zero attached hydrogens (tertiary/aromatic N) is 2. The summed E-state index contributed by atoms with van der Waals surface area (Å²) in [7, 11) is 0. The number of aliphatic hydroxyl groups is 1. The lowest BCUT2D eigenvalue weighted by Crippen LogP contribution is -2.60. The van der Waals surface area contributed by atoms with Crippen LogP contribution in [0.4, 0.5) is 5.69 Å². The topological polar surface area (TPSA) is 151 Å². The van der Waals surface area contributed by atoms with E-state index in [4.69, 9.17) is 4.74 Å². The molecule has 11 nitrogen and oxygen atoms in total. The first-order valence-corrected chi connectivity index (χ1v) is 14.2. The number of carbonyl (C=O) groups excluding carboxylic acids is 3. The number of nitro benzene ring substituents is 1. The highest BCUT2D eigenvalue weighted by Gasteiger charge is 2.50. The van der Waals surface area contributed by atoms with Gasteiger partial charge in [-0.15, -0.1) is 11.8 Å². The molecule has 0 radical (unpaired) electrons. The molecular formula is C29H38N4O7S. The predicted molar refractivity (Wildman–Crippen MR) is 156 cm³/mol. The van der Waals surface area contributed by atoms with E-state index >= 15 is 0 Å². The second-order valence-electron chi connectivity index (χ2n) is 11.6. The third-order valence-electron chi connectivity index (χ3n) is 6.67. The molecule has 0 spiro atoms. The van der Waals surface area contributed by atoms with Gasteiger partial charge in [0, 0.05) is 16.4 Å². The van der Waals surface area contributed by atoms with Gasteiger partial charge < -0.3 is 25.4 Å². The van der Waals surface area contributed by atoms with Crippen molar-refractivity contribution in [2.24, 2.45) is 0 Å². The molecule has 222 valence electrons. The van der Waals surface area contributed by atoms with Crippen molar-refractivity contribution in [2.45, 2.75) is 76.4 Å². The highest BCUT2D eigenvalue weighted by Crippen LogP contribution is 2.40. The number of rotatable bonds is 10. The molecule has 1 aliphatic heterocycles. The minimum atomic E-state index is -1.65. The van der Waals surface area contributed by atoms with Crippen LogP contribution in [0.3, 0.4) is 0 Å². The van der Waals surface area contributed by atoms with Gasteiger partial charge in [0.05, 0.1) is 22.4 Å². The van der Waals surface area contributed by atoms with Gasteiger partial charge in [0.25, 0.3) is 17.5 Å². The quantitative estimate of drug-likeness (QED) is 0.284. The smallest absolute Gasteiger partial charge is 0.276 e. The molecule has 1 saturated heterocycles.